The zero-order valence-electron chi connectivity index (χ0n) is 12.3. The van der Waals surface area contributed by atoms with Crippen molar-refractivity contribution in [3.63, 3.8) is 0 Å². The van der Waals surface area contributed by atoms with Gasteiger partial charge in [-0.25, -0.2) is 0 Å². The van der Waals surface area contributed by atoms with Gasteiger partial charge in [0.25, 0.3) is 0 Å². The summed E-state index contributed by atoms with van der Waals surface area (Å²) >= 11 is 0. The van der Waals surface area contributed by atoms with Crippen molar-refractivity contribution >= 4 is 11.6 Å². The Morgan fingerprint density at radius 1 is 1.43 bits per heavy atom. The summed E-state index contributed by atoms with van der Waals surface area (Å²) < 4.78 is 5.46. The van der Waals surface area contributed by atoms with Gasteiger partial charge < -0.3 is 10.5 Å². The topological polar surface area (TPSA) is 98.7 Å². The molecule has 0 aromatic heterocycles. The van der Waals surface area contributed by atoms with E-state index in [4.69, 9.17) is 10.5 Å². The molecule has 21 heavy (non-hydrogen) atoms. The Kier molecular flexibility index (Phi) is 6.61. The van der Waals surface area contributed by atoms with Gasteiger partial charge in [-0.2, -0.15) is 0 Å². The van der Waals surface area contributed by atoms with Crippen LogP contribution in [0.5, 0.6) is 5.75 Å². The minimum Gasteiger partial charge on any atom is -0.485 e. The van der Waals surface area contributed by atoms with Gasteiger partial charge in [0.2, 0.25) is 5.91 Å². The molecule has 0 bridgehead atoms. The van der Waals surface area contributed by atoms with Gasteiger partial charge in [-0.1, -0.05) is 26.0 Å². The normalized spacial score (nSPS) is 10.9. The lowest BCUT2D eigenvalue weighted by Crippen LogP contribution is -2.38. The molecule has 7 nitrogen and oxygen atoms in total. The lowest BCUT2D eigenvalue weighted by molar-refractivity contribution is -0.385. The highest BCUT2D eigenvalue weighted by atomic mass is 16.6. The maximum atomic E-state index is 11.0. The molecule has 2 N–H and O–H groups in total. The Morgan fingerprint density at radius 3 is 2.67 bits per heavy atom. The Morgan fingerprint density at radius 2 is 2.10 bits per heavy atom. The summed E-state index contributed by atoms with van der Waals surface area (Å²) in [6, 6.07) is 6.21. The van der Waals surface area contributed by atoms with E-state index in [0.717, 1.165) is 0 Å². The van der Waals surface area contributed by atoms with Crippen LogP contribution in [0, 0.1) is 16.0 Å². The van der Waals surface area contributed by atoms with Crippen molar-refractivity contribution in [1.82, 2.24) is 4.90 Å². The summed E-state index contributed by atoms with van der Waals surface area (Å²) in [5, 5.41) is 10.9. The van der Waals surface area contributed by atoms with Gasteiger partial charge >= 0.3 is 5.69 Å². The molecule has 0 radical (unpaired) electrons. The molecule has 0 saturated carbocycles. The highest BCUT2D eigenvalue weighted by molar-refractivity contribution is 5.75. The molecule has 0 unspecified atom stereocenters. The lowest BCUT2D eigenvalue weighted by Gasteiger charge is -2.22. The van der Waals surface area contributed by atoms with Crippen LogP contribution in [0.2, 0.25) is 0 Å². The number of amides is 1. The molecular weight excluding hydrogens is 274 g/mol. The minimum absolute atomic E-state index is 0.0668. The van der Waals surface area contributed by atoms with Crippen LogP contribution in [0.4, 0.5) is 5.69 Å². The fourth-order valence-electron chi connectivity index (χ4n) is 1.99. The molecule has 0 fully saturated rings. The number of primary amides is 1. The quantitative estimate of drug-likeness (QED) is 0.548. The first-order valence-corrected chi connectivity index (χ1v) is 6.77. The van der Waals surface area contributed by atoms with Gasteiger partial charge in [-0.3, -0.25) is 19.8 Å². The number of hydrogen-bond acceptors (Lipinski definition) is 5. The van der Waals surface area contributed by atoms with Crippen LogP contribution in [-0.4, -0.2) is 42.0 Å². The van der Waals surface area contributed by atoms with E-state index < -0.39 is 10.8 Å². The lowest BCUT2D eigenvalue weighted by atomic mass is 10.2. The number of nitro benzene ring substituents is 1. The third kappa shape index (κ3) is 6.22. The summed E-state index contributed by atoms with van der Waals surface area (Å²) in [6.45, 7) is 5.67. The van der Waals surface area contributed by atoms with E-state index in [1.807, 2.05) is 18.7 Å². The molecule has 0 atom stereocenters. The van der Waals surface area contributed by atoms with E-state index in [0.29, 0.717) is 19.0 Å². The number of nitro groups is 1. The van der Waals surface area contributed by atoms with E-state index in [1.165, 1.54) is 6.07 Å². The maximum absolute atomic E-state index is 11.0. The van der Waals surface area contributed by atoms with Gasteiger partial charge in [-0.05, 0) is 12.0 Å². The first-order valence-electron chi connectivity index (χ1n) is 6.77. The second-order valence-corrected chi connectivity index (χ2v) is 5.17. The van der Waals surface area contributed by atoms with Crippen LogP contribution < -0.4 is 10.5 Å². The van der Waals surface area contributed by atoms with Gasteiger partial charge in [0, 0.05) is 19.2 Å². The van der Waals surface area contributed by atoms with Crippen LogP contribution in [0.25, 0.3) is 0 Å². The number of carbonyl (C=O) groups excluding carboxylic acids is 1. The molecule has 1 amide bonds. The van der Waals surface area contributed by atoms with E-state index in [9.17, 15) is 14.9 Å². The number of benzene rings is 1. The maximum Gasteiger partial charge on any atom is 0.310 e. The van der Waals surface area contributed by atoms with Gasteiger partial charge in [0.15, 0.2) is 5.75 Å². The van der Waals surface area contributed by atoms with E-state index in [1.54, 1.807) is 18.2 Å². The van der Waals surface area contributed by atoms with E-state index >= 15 is 0 Å². The fourth-order valence-corrected chi connectivity index (χ4v) is 1.99. The Bertz CT molecular complexity index is 491. The Labute approximate surface area is 123 Å². The van der Waals surface area contributed by atoms with Crippen LogP contribution in [0.3, 0.4) is 0 Å². The van der Waals surface area contributed by atoms with Crippen molar-refractivity contribution in [3.05, 3.63) is 34.4 Å². The van der Waals surface area contributed by atoms with E-state index in [2.05, 4.69) is 0 Å². The van der Waals surface area contributed by atoms with Crippen molar-refractivity contribution in [2.24, 2.45) is 11.7 Å². The number of ether oxygens (including phenoxy) is 1. The summed E-state index contributed by atoms with van der Waals surface area (Å²) in [4.78, 5) is 23.3. The number of nitrogens with zero attached hydrogens (tertiary/aromatic N) is 2. The summed E-state index contributed by atoms with van der Waals surface area (Å²) in [7, 11) is 0. The predicted molar refractivity (Wildman–Crippen MR) is 79.1 cm³/mol. The van der Waals surface area contributed by atoms with Gasteiger partial charge in [0.1, 0.15) is 6.61 Å². The number of rotatable bonds is 9. The molecule has 116 valence electrons. The third-order valence-electron chi connectivity index (χ3n) is 2.73. The van der Waals surface area contributed by atoms with Gasteiger partial charge in [-0.15, -0.1) is 0 Å². The second-order valence-electron chi connectivity index (χ2n) is 5.17. The molecular formula is C14H21N3O4. The number of para-hydroxylation sites is 2. The Balaban J connectivity index is 2.57. The average molecular weight is 295 g/mol. The molecule has 0 saturated heterocycles. The Hall–Kier alpha value is -2.15. The highest BCUT2D eigenvalue weighted by Crippen LogP contribution is 2.25. The van der Waals surface area contributed by atoms with Crippen molar-refractivity contribution < 1.29 is 14.5 Å². The standard InChI is InChI=1S/C14H21N3O4/c1-11(2)9-16(10-14(15)18)7-8-21-13-6-4-3-5-12(13)17(19)20/h3-6,11H,7-10H2,1-2H3,(H2,15,18). The average Bonchev–Trinajstić information content (AvgIpc) is 2.37. The van der Waals surface area contributed by atoms with Crippen molar-refractivity contribution in [3.8, 4) is 5.75 Å². The number of nitrogens with two attached hydrogens (primary N) is 1. The molecule has 7 heteroatoms. The monoisotopic (exact) mass is 295 g/mol. The molecule has 1 aromatic carbocycles. The van der Waals surface area contributed by atoms with E-state index in [-0.39, 0.29) is 24.6 Å². The van der Waals surface area contributed by atoms with Crippen molar-refractivity contribution in [2.45, 2.75) is 13.8 Å². The molecule has 0 aliphatic heterocycles. The largest absolute Gasteiger partial charge is 0.485 e. The van der Waals surface area contributed by atoms with Crippen molar-refractivity contribution in [1.29, 1.82) is 0 Å². The summed E-state index contributed by atoms with van der Waals surface area (Å²) in [6.07, 6.45) is 0. The SMILES string of the molecule is CC(C)CN(CCOc1ccccc1[N+](=O)[O-])CC(N)=O. The molecule has 0 aliphatic rings. The summed E-state index contributed by atoms with van der Waals surface area (Å²) in [5.41, 5.74) is 5.14. The minimum atomic E-state index is -0.482. The molecule has 1 rings (SSSR count). The number of carbonyl (C=O) groups is 1. The predicted octanol–water partition coefficient (Wildman–Crippen LogP) is 1.42. The van der Waals surface area contributed by atoms with Gasteiger partial charge in [0.05, 0.1) is 11.5 Å². The first kappa shape index (κ1) is 16.9. The zero-order chi connectivity index (χ0) is 15.8. The van der Waals surface area contributed by atoms with Crippen LogP contribution in [-0.2, 0) is 4.79 Å². The molecule has 0 aliphatic carbocycles. The van der Waals surface area contributed by atoms with Crippen LogP contribution in [0.15, 0.2) is 24.3 Å². The fraction of sp³-hybridized carbons (Fsp3) is 0.500. The highest BCUT2D eigenvalue weighted by Gasteiger charge is 2.15. The summed E-state index contributed by atoms with van der Waals surface area (Å²) in [5.74, 6) is 0.211. The third-order valence-corrected chi connectivity index (χ3v) is 2.73. The number of hydrogen-bond donors (Lipinski definition) is 1. The molecule has 1 aromatic rings. The smallest absolute Gasteiger partial charge is 0.310 e. The zero-order valence-corrected chi connectivity index (χ0v) is 12.3. The van der Waals surface area contributed by atoms with Crippen molar-refractivity contribution in [2.75, 3.05) is 26.2 Å². The molecule has 0 spiro atoms. The first-order chi connectivity index (χ1) is 9.90. The molecule has 0 heterocycles. The second kappa shape index (κ2) is 8.21. The van der Waals surface area contributed by atoms with Crippen LogP contribution in [0.1, 0.15) is 13.8 Å². The van der Waals surface area contributed by atoms with Crippen LogP contribution >= 0.6 is 0 Å².